The van der Waals surface area contributed by atoms with E-state index < -0.39 is 6.10 Å². The summed E-state index contributed by atoms with van der Waals surface area (Å²) in [5, 5.41) is 2.85. The van der Waals surface area contributed by atoms with Gasteiger partial charge in [-0.05, 0) is 69.0 Å². The van der Waals surface area contributed by atoms with Crippen molar-refractivity contribution in [2.24, 2.45) is 0 Å². The van der Waals surface area contributed by atoms with E-state index in [2.05, 4.69) is 11.4 Å². The molecular formula is C21H27NO3. The van der Waals surface area contributed by atoms with Crippen LogP contribution in [0.2, 0.25) is 0 Å². The Hall–Kier alpha value is -2.49. The van der Waals surface area contributed by atoms with Gasteiger partial charge in [0, 0.05) is 0 Å². The lowest BCUT2D eigenvalue weighted by atomic mass is 10.1. The summed E-state index contributed by atoms with van der Waals surface area (Å²) >= 11 is 0. The summed E-state index contributed by atoms with van der Waals surface area (Å²) < 4.78 is 11.5. The Kier molecular flexibility index (Phi) is 6.45. The van der Waals surface area contributed by atoms with Crippen molar-refractivity contribution in [2.75, 3.05) is 13.2 Å². The van der Waals surface area contributed by atoms with Crippen LogP contribution < -0.4 is 14.8 Å². The molecule has 1 N–H and O–H groups in total. The number of ether oxygens (including phenoxy) is 2. The molecule has 25 heavy (non-hydrogen) atoms. The third-order valence-electron chi connectivity index (χ3n) is 4.23. The molecule has 2 rings (SSSR count). The lowest BCUT2D eigenvalue weighted by Crippen LogP contribution is -2.38. The normalized spacial score (nSPS) is 11.7. The lowest BCUT2D eigenvalue weighted by molar-refractivity contribution is -0.127. The first-order valence-corrected chi connectivity index (χ1v) is 8.59. The van der Waals surface area contributed by atoms with Crippen molar-refractivity contribution in [3.05, 3.63) is 58.7 Å². The van der Waals surface area contributed by atoms with E-state index in [0.29, 0.717) is 13.2 Å². The SMILES string of the molecule is Cc1ccc(C)c(OCCNC(=O)C(C)Oc2cccc(C)c2C)c1. The summed E-state index contributed by atoms with van der Waals surface area (Å²) in [5.41, 5.74) is 4.44. The molecule has 0 radical (unpaired) electrons. The van der Waals surface area contributed by atoms with E-state index in [9.17, 15) is 4.79 Å². The fourth-order valence-electron chi connectivity index (χ4n) is 2.44. The maximum Gasteiger partial charge on any atom is 0.260 e. The Balaban J connectivity index is 1.79. The first kappa shape index (κ1) is 18.8. The number of nitrogens with one attached hydrogen (secondary N) is 1. The van der Waals surface area contributed by atoms with Crippen LogP contribution in [-0.2, 0) is 4.79 Å². The Morgan fingerprint density at radius 3 is 2.56 bits per heavy atom. The van der Waals surface area contributed by atoms with Crippen molar-refractivity contribution >= 4 is 5.91 Å². The second kappa shape index (κ2) is 8.56. The van der Waals surface area contributed by atoms with Crippen molar-refractivity contribution in [1.29, 1.82) is 0 Å². The molecule has 0 aliphatic heterocycles. The number of rotatable bonds is 7. The molecule has 1 amide bonds. The van der Waals surface area contributed by atoms with E-state index >= 15 is 0 Å². The number of hydrogen-bond donors (Lipinski definition) is 1. The second-order valence-corrected chi connectivity index (χ2v) is 6.37. The molecule has 0 aliphatic carbocycles. The van der Waals surface area contributed by atoms with Crippen LogP contribution in [0.15, 0.2) is 36.4 Å². The van der Waals surface area contributed by atoms with Crippen LogP contribution in [-0.4, -0.2) is 25.2 Å². The van der Waals surface area contributed by atoms with Crippen LogP contribution in [0.3, 0.4) is 0 Å². The maximum atomic E-state index is 12.2. The quantitative estimate of drug-likeness (QED) is 0.778. The zero-order valence-corrected chi connectivity index (χ0v) is 15.7. The lowest BCUT2D eigenvalue weighted by Gasteiger charge is -2.17. The summed E-state index contributed by atoms with van der Waals surface area (Å²) in [6.45, 7) is 10.7. The van der Waals surface area contributed by atoms with Crippen LogP contribution in [0.4, 0.5) is 0 Å². The average molecular weight is 341 g/mol. The zero-order chi connectivity index (χ0) is 18.4. The Labute approximate surface area is 150 Å². The average Bonchev–Trinajstić information content (AvgIpc) is 2.58. The molecule has 2 aromatic carbocycles. The van der Waals surface area contributed by atoms with Crippen LogP contribution in [0, 0.1) is 27.7 Å². The van der Waals surface area contributed by atoms with Gasteiger partial charge in [0.25, 0.3) is 5.91 Å². The standard InChI is InChI=1S/C21H27NO3/c1-14-9-10-16(3)20(13-14)24-12-11-22-21(23)18(5)25-19-8-6-7-15(2)17(19)4/h6-10,13,18H,11-12H2,1-5H3,(H,22,23). The molecule has 1 atom stereocenters. The fraction of sp³-hybridized carbons (Fsp3) is 0.381. The summed E-state index contributed by atoms with van der Waals surface area (Å²) in [6.07, 6.45) is -0.554. The van der Waals surface area contributed by atoms with Crippen LogP contribution in [0.1, 0.15) is 29.2 Å². The molecule has 0 saturated carbocycles. The highest BCUT2D eigenvalue weighted by atomic mass is 16.5. The van der Waals surface area contributed by atoms with Gasteiger partial charge >= 0.3 is 0 Å². The fourth-order valence-corrected chi connectivity index (χ4v) is 2.44. The van der Waals surface area contributed by atoms with Crippen LogP contribution >= 0.6 is 0 Å². The third kappa shape index (κ3) is 5.24. The van der Waals surface area contributed by atoms with E-state index in [1.165, 1.54) is 0 Å². The van der Waals surface area contributed by atoms with Gasteiger partial charge in [0.05, 0.1) is 6.54 Å². The van der Waals surface area contributed by atoms with Gasteiger partial charge in [-0.1, -0.05) is 24.3 Å². The van der Waals surface area contributed by atoms with Crippen molar-refractivity contribution in [2.45, 2.75) is 40.7 Å². The summed E-state index contributed by atoms with van der Waals surface area (Å²) in [5.74, 6) is 1.45. The molecule has 2 aromatic rings. The number of benzene rings is 2. The van der Waals surface area contributed by atoms with E-state index in [4.69, 9.17) is 9.47 Å². The minimum absolute atomic E-state index is 0.148. The monoisotopic (exact) mass is 341 g/mol. The Morgan fingerprint density at radius 1 is 1.04 bits per heavy atom. The number of aryl methyl sites for hydroxylation is 3. The van der Waals surface area contributed by atoms with Crippen molar-refractivity contribution < 1.29 is 14.3 Å². The van der Waals surface area contributed by atoms with Crippen molar-refractivity contribution in [3.63, 3.8) is 0 Å². The molecular weight excluding hydrogens is 314 g/mol. The molecule has 0 aliphatic rings. The third-order valence-corrected chi connectivity index (χ3v) is 4.23. The first-order valence-electron chi connectivity index (χ1n) is 8.59. The molecule has 0 saturated heterocycles. The van der Waals surface area contributed by atoms with Crippen molar-refractivity contribution in [3.8, 4) is 11.5 Å². The maximum absolute atomic E-state index is 12.2. The van der Waals surface area contributed by atoms with E-state index in [0.717, 1.165) is 33.8 Å². The van der Waals surface area contributed by atoms with Gasteiger partial charge < -0.3 is 14.8 Å². The molecule has 4 heteroatoms. The number of hydrogen-bond acceptors (Lipinski definition) is 3. The van der Waals surface area contributed by atoms with Crippen LogP contribution in [0.5, 0.6) is 11.5 Å². The predicted molar refractivity (Wildman–Crippen MR) is 100 cm³/mol. The highest BCUT2D eigenvalue weighted by Crippen LogP contribution is 2.22. The van der Waals surface area contributed by atoms with E-state index in [1.54, 1.807) is 6.92 Å². The van der Waals surface area contributed by atoms with Gasteiger partial charge in [-0.3, -0.25) is 4.79 Å². The van der Waals surface area contributed by atoms with Gasteiger partial charge in [0.15, 0.2) is 6.10 Å². The molecule has 0 aromatic heterocycles. The highest BCUT2D eigenvalue weighted by Gasteiger charge is 2.15. The predicted octanol–water partition coefficient (Wildman–Crippen LogP) is 3.88. The topological polar surface area (TPSA) is 47.6 Å². The molecule has 0 fully saturated rings. The smallest absolute Gasteiger partial charge is 0.260 e. The Morgan fingerprint density at radius 2 is 1.80 bits per heavy atom. The molecule has 0 spiro atoms. The van der Waals surface area contributed by atoms with Gasteiger partial charge in [-0.2, -0.15) is 0 Å². The largest absolute Gasteiger partial charge is 0.491 e. The first-order chi connectivity index (χ1) is 11.9. The van der Waals surface area contributed by atoms with Crippen LogP contribution in [0.25, 0.3) is 0 Å². The summed E-state index contributed by atoms with van der Waals surface area (Å²) in [7, 11) is 0. The van der Waals surface area contributed by atoms with E-state index in [1.807, 2.05) is 58.0 Å². The number of carbonyl (C=O) groups excluding carboxylic acids is 1. The van der Waals surface area contributed by atoms with Gasteiger partial charge in [-0.25, -0.2) is 0 Å². The minimum Gasteiger partial charge on any atom is -0.491 e. The highest BCUT2D eigenvalue weighted by molar-refractivity contribution is 5.80. The second-order valence-electron chi connectivity index (χ2n) is 6.37. The van der Waals surface area contributed by atoms with Gasteiger partial charge in [0.1, 0.15) is 18.1 Å². The number of amides is 1. The Bertz CT molecular complexity index is 740. The van der Waals surface area contributed by atoms with E-state index in [-0.39, 0.29) is 5.91 Å². The molecule has 0 bridgehead atoms. The summed E-state index contributed by atoms with van der Waals surface area (Å²) in [6, 6.07) is 11.9. The zero-order valence-electron chi connectivity index (χ0n) is 15.7. The molecule has 134 valence electrons. The summed E-state index contributed by atoms with van der Waals surface area (Å²) in [4.78, 5) is 12.2. The molecule has 4 nitrogen and oxygen atoms in total. The van der Waals surface area contributed by atoms with Crippen molar-refractivity contribution in [1.82, 2.24) is 5.32 Å². The molecule has 1 unspecified atom stereocenters. The van der Waals surface area contributed by atoms with Gasteiger partial charge in [0.2, 0.25) is 0 Å². The van der Waals surface area contributed by atoms with Gasteiger partial charge in [-0.15, -0.1) is 0 Å². The minimum atomic E-state index is -0.554. The molecule has 0 heterocycles. The number of carbonyl (C=O) groups is 1.